The molecule has 6 nitrogen and oxygen atoms in total. The van der Waals surface area contributed by atoms with E-state index < -0.39 is 5.60 Å². The number of fused-ring (bicyclic) bond motifs is 1. The zero-order valence-electron chi connectivity index (χ0n) is 15.3. The Hall–Kier alpha value is -2.08. The van der Waals surface area contributed by atoms with Crippen LogP contribution in [0.2, 0.25) is 0 Å². The number of carbonyl (C=O) groups excluding carboxylic acids is 2. The molecule has 0 aromatic heterocycles. The standard InChI is InChI=1S/C19H27N3O3/c1-4-20-11-13-21(14-12-20)17(23)9-10-22-15-7-5-6-8-16(15)25-19(2,3)18(22)24/h5-8H,4,9-14H2,1-3H3. The van der Waals surface area contributed by atoms with Crippen LogP contribution in [0.25, 0.3) is 0 Å². The summed E-state index contributed by atoms with van der Waals surface area (Å²) in [5, 5.41) is 0. The molecule has 1 saturated heterocycles. The van der Waals surface area contributed by atoms with Crippen molar-refractivity contribution in [3.05, 3.63) is 24.3 Å². The Morgan fingerprint density at radius 1 is 1.16 bits per heavy atom. The number of carbonyl (C=O) groups is 2. The lowest BCUT2D eigenvalue weighted by Gasteiger charge is -2.39. The molecule has 1 fully saturated rings. The molecule has 136 valence electrons. The first-order valence-electron chi connectivity index (χ1n) is 9.02. The van der Waals surface area contributed by atoms with Crippen LogP contribution in [0.4, 0.5) is 5.69 Å². The van der Waals surface area contributed by atoms with Gasteiger partial charge in [-0.25, -0.2) is 0 Å². The van der Waals surface area contributed by atoms with Gasteiger partial charge in [-0.2, -0.15) is 0 Å². The molecule has 0 saturated carbocycles. The molecule has 6 heteroatoms. The van der Waals surface area contributed by atoms with E-state index in [1.54, 1.807) is 18.7 Å². The van der Waals surface area contributed by atoms with Gasteiger partial charge in [-0.1, -0.05) is 19.1 Å². The first-order valence-corrected chi connectivity index (χ1v) is 9.02. The molecule has 0 unspecified atom stereocenters. The lowest BCUT2D eigenvalue weighted by molar-refractivity contribution is -0.134. The summed E-state index contributed by atoms with van der Waals surface area (Å²) in [6.45, 7) is 10.5. The smallest absolute Gasteiger partial charge is 0.270 e. The summed E-state index contributed by atoms with van der Waals surface area (Å²) in [6.07, 6.45) is 0.336. The number of benzene rings is 1. The highest BCUT2D eigenvalue weighted by molar-refractivity contribution is 6.02. The maximum Gasteiger partial charge on any atom is 0.270 e. The van der Waals surface area contributed by atoms with Crippen molar-refractivity contribution in [2.75, 3.05) is 44.2 Å². The molecule has 0 bridgehead atoms. The molecule has 2 aliphatic heterocycles. The quantitative estimate of drug-likeness (QED) is 0.834. The molecular formula is C19H27N3O3. The number of hydrogen-bond acceptors (Lipinski definition) is 4. The second-order valence-electron chi connectivity index (χ2n) is 7.10. The fourth-order valence-corrected chi connectivity index (χ4v) is 3.42. The third-order valence-electron chi connectivity index (χ3n) is 5.00. The monoisotopic (exact) mass is 345 g/mol. The summed E-state index contributed by atoms with van der Waals surface area (Å²) in [7, 11) is 0. The normalized spacial score (nSPS) is 20.2. The van der Waals surface area contributed by atoms with Gasteiger partial charge in [0.05, 0.1) is 5.69 Å². The zero-order chi connectivity index (χ0) is 18.0. The number of para-hydroxylation sites is 2. The zero-order valence-corrected chi connectivity index (χ0v) is 15.3. The molecule has 2 aliphatic rings. The Bertz CT molecular complexity index is 651. The number of ether oxygens (including phenoxy) is 1. The van der Waals surface area contributed by atoms with Gasteiger partial charge >= 0.3 is 0 Å². The molecule has 0 N–H and O–H groups in total. The lowest BCUT2D eigenvalue weighted by Crippen LogP contribution is -2.54. The molecule has 2 heterocycles. The summed E-state index contributed by atoms with van der Waals surface area (Å²) >= 11 is 0. The molecule has 0 spiro atoms. The van der Waals surface area contributed by atoms with Gasteiger partial charge in [0, 0.05) is 39.1 Å². The highest BCUT2D eigenvalue weighted by Gasteiger charge is 2.40. The Morgan fingerprint density at radius 3 is 2.52 bits per heavy atom. The molecule has 2 amide bonds. The third-order valence-corrected chi connectivity index (χ3v) is 5.00. The molecule has 1 aromatic rings. The Kier molecular flexibility index (Phi) is 4.99. The third kappa shape index (κ3) is 3.63. The predicted octanol–water partition coefficient (Wildman–Crippen LogP) is 1.74. The van der Waals surface area contributed by atoms with Crippen molar-refractivity contribution in [3.8, 4) is 5.75 Å². The van der Waals surface area contributed by atoms with Crippen LogP contribution in [0.15, 0.2) is 24.3 Å². The summed E-state index contributed by atoms with van der Waals surface area (Å²) < 4.78 is 5.82. The van der Waals surface area contributed by atoms with Crippen LogP contribution < -0.4 is 9.64 Å². The Balaban J connectivity index is 1.66. The highest BCUT2D eigenvalue weighted by atomic mass is 16.5. The van der Waals surface area contributed by atoms with E-state index in [-0.39, 0.29) is 11.8 Å². The van der Waals surface area contributed by atoms with E-state index in [1.807, 2.05) is 29.2 Å². The van der Waals surface area contributed by atoms with Crippen molar-refractivity contribution in [3.63, 3.8) is 0 Å². The van der Waals surface area contributed by atoms with E-state index in [2.05, 4.69) is 11.8 Å². The van der Waals surface area contributed by atoms with Gasteiger partial charge < -0.3 is 19.4 Å². The average Bonchev–Trinajstić information content (AvgIpc) is 2.61. The van der Waals surface area contributed by atoms with E-state index in [9.17, 15) is 9.59 Å². The topological polar surface area (TPSA) is 53.1 Å². The van der Waals surface area contributed by atoms with Crippen LogP contribution in [-0.2, 0) is 9.59 Å². The first kappa shape index (κ1) is 17.7. The second kappa shape index (κ2) is 7.04. The molecule has 25 heavy (non-hydrogen) atoms. The van der Waals surface area contributed by atoms with E-state index in [4.69, 9.17) is 4.74 Å². The van der Waals surface area contributed by atoms with Gasteiger partial charge in [-0.05, 0) is 32.5 Å². The van der Waals surface area contributed by atoms with Crippen LogP contribution >= 0.6 is 0 Å². The molecule has 0 atom stereocenters. The molecular weight excluding hydrogens is 318 g/mol. The number of likely N-dealkylation sites (N-methyl/N-ethyl adjacent to an activating group) is 1. The summed E-state index contributed by atoms with van der Waals surface area (Å²) in [4.78, 5) is 31.2. The van der Waals surface area contributed by atoms with Crippen LogP contribution in [0, 0.1) is 0 Å². The number of nitrogens with zero attached hydrogens (tertiary/aromatic N) is 3. The minimum atomic E-state index is -0.913. The number of amides is 2. The van der Waals surface area contributed by atoms with Gasteiger partial charge in [-0.15, -0.1) is 0 Å². The van der Waals surface area contributed by atoms with E-state index in [1.165, 1.54) is 0 Å². The van der Waals surface area contributed by atoms with Crippen LogP contribution in [0.5, 0.6) is 5.75 Å². The van der Waals surface area contributed by atoms with Gasteiger partial charge in [0.15, 0.2) is 5.60 Å². The maximum atomic E-state index is 12.7. The Labute approximate surface area is 149 Å². The minimum absolute atomic E-state index is 0.102. The number of anilines is 1. The number of rotatable bonds is 4. The van der Waals surface area contributed by atoms with Gasteiger partial charge in [0.2, 0.25) is 5.91 Å². The van der Waals surface area contributed by atoms with Crippen molar-refractivity contribution in [1.82, 2.24) is 9.80 Å². The van der Waals surface area contributed by atoms with E-state index in [0.717, 1.165) is 38.4 Å². The summed E-state index contributed by atoms with van der Waals surface area (Å²) in [5.41, 5.74) is -0.167. The van der Waals surface area contributed by atoms with Gasteiger partial charge in [0.25, 0.3) is 5.91 Å². The minimum Gasteiger partial charge on any atom is -0.476 e. The summed E-state index contributed by atoms with van der Waals surface area (Å²) in [6, 6.07) is 7.50. The van der Waals surface area contributed by atoms with E-state index in [0.29, 0.717) is 18.7 Å². The molecule has 3 rings (SSSR count). The van der Waals surface area contributed by atoms with Crippen LogP contribution in [-0.4, -0.2) is 66.5 Å². The molecule has 1 aromatic carbocycles. The lowest BCUT2D eigenvalue weighted by atomic mass is 10.0. The second-order valence-corrected chi connectivity index (χ2v) is 7.10. The fraction of sp³-hybridized carbons (Fsp3) is 0.579. The van der Waals surface area contributed by atoms with Crippen molar-refractivity contribution < 1.29 is 14.3 Å². The highest BCUT2D eigenvalue weighted by Crippen LogP contribution is 2.37. The van der Waals surface area contributed by atoms with Gasteiger partial charge in [0.1, 0.15) is 5.75 Å². The fourth-order valence-electron chi connectivity index (χ4n) is 3.42. The van der Waals surface area contributed by atoms with Crippen LogP contribution in [0.1, 0.15) is 27.2 Å². The average molecular weight is 345 g/mol. The number of piperazine rings is 1. The van der Waals surface area contributed by atoms with Crippen molar-refractivity contribution in [2.24, 2.45) is 0 Å². The summed E-state index contributed by atoms with van der Waals surface area (Å²) in [5.74, 6) is 0.705. The van der Waals surface area contributed by atoms with Crippen molar-refractivity contribution >= 4 is 17.5 Å². The maximum absolute atomic E-state index is 12.7. The van der Waals surface area contributed by atoms with E-state index >= 15 is 0 Å². The number of hydrogen-bond donors (Lipinski definition) is 0. The van der Waals surface area contributed by atoms with Crippen molar-refractivity contribution in [1.29, 1.82) is 0 Å². The molecule has 0 aliphatic carbocycles. The Morgan fingerprint density at radius 2 is 1.84 bits per heavy atom. The molecule has 0 radical (unpaired) electrons. The van der Waals surface area contributed by atoms with Crippen LogP contribution in [0.3, 0.4) is 0 Å². The SMILES string of the molecule is CCN1CCN(C(=O)CCN2C(=O)C(C)(C)Oc3ccccc32)CC1. The predicted molar refractivity (Wildman–Crippen MR) is 96.8 cm³/mol. The van der Waals surface area contributed by atoms with Crippen molar-refractivity contribution in [2.45, 2.75) is 32.8 Å². The van der Waals surface area contributed by atoms with Gasteiger partial charge in [-0.3, -0.25) is 9.59 Å². The largest absolute Gasteiger partial charge is 0.476 e. The first-order chi connectivity index (χ1) is 11.9.